The SMILES string of the molecule is CCC[C@H](N=C(C)C(=O)N1[C@H](C(=O)O)C[C@@H]2CCCC[C@@H]21)C(=O)CC=O. The first-order valence-electron chi connectivity index (χ1n) is 9.46. The van der Waals surface area contributed by atoms with Crippen LogP contribution in [-0.2, 0) is 19.2 Å². The quantitative estimate of drug-likeness (QED) is 0.403. The number of hydrogen-bond acceptors (Lipinski definition) is 5. The summed E-state index contributed by atoms with van der Waals surface area (Å²) in [6.07, 6.45) is 5.80. The number of aldehydes is 1. The fraction of sp³-hybridized carbons (Fsp3) is 0.737. The first-order valence-corrected chi connectivity index (χ1v) is 9.46. The van der Waals surface area contributed by atoms with Gasteiger partial charge in [-0.3, -0.25) is 14.6 Å². The molecule has 26 heavy (non-hydrogen) atoms. The molecule has 1 saturated carbocycles. The number of Topliss-reactive ketones (excluding diaryl/α,β-unsaturated/α-hetero) is 1. The predicted octanol–water partition coefficient (Wildman–Crippen LogP) is 2.02. The van der Waals surface area contributed by atoms with Gasteiger partial charge < -0.3 is 14.8 Å². The second-order valence-electron chi connectivity index (χ2n) is 7.27. The molecule has 1 amide bonds. The first-order chi connectivity index (χ1) is 12.4. The fourth-order valence-electron chi connectivity index (χ4n) is 4.24. The van der Waals surface area contributed by atoms with Crippen molar-refractivity contribution in [2.75, 3.05) is 0 Å². The molecule has 0 spiro atoms. The van der Waals surface area contributed by atoms with E-state index in [1.165, 1.54) is 11.8 Å². The van der Waals surface area contributed by atoms with Crippen LogP contribution >= 0.6 is 0 Å². The minimum atomic E-state index is -0.984. The van der Waals surface area contributed by atoms with Crippen LogP contribution in [0.5, 0.6) is 0 Å². The molecule has 0 bridgehead atoms. The number of fused-ring (bicyclic) bond motifs is 1. The second-order valence-corrected chi connectivity index (χ2v) is 7.27. The molecular weight excluding hydrogens is 336 g/mol. The van der Waals surface area contributed by atoms with Gasteiger partial charge in [0.1, 0.15) is 18.4 Å². The van der Waals surface area contributed by atoms with Crippen molar-refractivity contribution in [3.63, 3.8) is 0 Å². The van der Waals surface area contributed by atoms with Crippen LogP contribution in [0.2, 0.25) is 0 Å². The van der Waals surface area contributed by atoms with Crippen LogP contribution in [-0.4, -0.2) is 57.8 Å². The number of nitrogens with zero attached hydrogens (tertiary/aromatic N) is 2. The van der Waals surface area contributed by atoms with Gasteiger partial charge in [-0.25, -0.2) is 4.79 Å². The van der Waals surface area contributed by atoms with Crippen LogP contribution in [0.25, 0.3) is 0 Å². The molecule has 2 fully saturated rings. The van der Waals surface area contributed by atoms with E-state index in [1.807, 2.05) is 6.92 Å². The van der Waals surface area contributed by atoms with Crippen LogP contribution in [0.1, 0.15) is 65.2 Å². The lowest BCUT2D eigenvalue weighted by Crippen LogP contribution is -2.48. The number of rotatable bonds is 8. The molecule has 1 aliphatic carbocycles. The average molecular weight is 364 g/mol. The summed E-state index contributed by atoms with van der Waals surface area (Å²) in [6.45, 7) is 3.44. The highest BCUT2D eigenvalue weighted by atomic mass is 16.4. The highest BCUT2D eigenvalue weighted by Gasteiger charge is 2.48. The van der Waals surface area contributed by atoms with Crippen molar-refractivity contribution in [2.45, 2.75) is 83.3 Å². The van der Waals surface area contributed by atoms with Gasteiger partial charge in [-0.05, 0) is 38.5 Å². The summed E-state index contributed by atoms with van der Waals surface area (Å²) in [6, 6.07) is -1.60. The van der Waals surface area contributed by atoms with Crippen molar-refractivity contribution in [1.82, 2.24) is 4.90 Å². The monoisotopic (exact) mass is 364 g/mol. The summed E-state index contributed by atoms with van der Waals surface area (Å²) >= 11 is 0. The number of ketones is 1. The molecule has 2 aliphatic rings. The maximum atomic E-state index is 13.0. The van der Waals surface area contributed by atoms with Gasteiger partial charge in [0.05, 0.1) is 12.1 Å². The zero-order valence-corrected chi connectivity index (χ0v) is 15.5. The van der Waals surface area contributed by atoms with Crippen molar-refractivity contribution in [3.05, 3.63) is 0 Å². The molecule has 1 saturated heterocycles. The van der Waals surface area contributed by atoms with Crippen molar-refractivity contribution in [3.8, 4) is 0 Å². The normalized spacial score (nSPS) is 26.9. The van der Waals surface area contributed by atoms with E-state index >= 15 is 0 Å². The summed E-state index contributed by atoms with van der Waals surface area (Å²) < 4.78 is 0. The number of aliphatic carboxylic acids is 1. The number of likely N-dealkylation sites (tertiary alicyclic amines) is 1. The predicted molar refractivity (Wildman–Crippen MR) is 96.1 cm³/mol. The van der Waals surface area contributed by atoms with E-state index in [-0.39, 0.29) is 29.9 Å². The van der Waals surface area contributed by atoms with E-state index in [0.29, 0.717) is 25.5 Å². The van der Waals surface area contributed by atoms with E-state index < -0.39 is 24.0 Å². The number of carboxylic acid groups (broad SMARTS) is 1. The second kappa shape index (κ2) is 9.05. The third-order valence-corrected chi connectivity index (χ3v) is 5.48. The summed E-state index contributed by atoms with van der Waals surface area (Å²) in [4.78, 5) is 53.1. The Bertz CT molecular complexity index is 601. The molecule has 0 aromatic carbocycles. The Balaban J connectivity index is 2.23. The molecule has 0 aromatic rings. The smallest absolute Gasteiger partial charge is 0.326 e. The molecule has 7 heteroatoms. The van der Waals surface area contributed by atoms with E-state index in [1.54, 1.807) is 0 Å². The topological polar surface area (TPSA) is 104 Å². The Morgan fingerprint density at radius 3 is 2.58 bits per heavy atom. The van der Waals surface area contributed by atoms with E-state index in [0.717, 1.165) is 25.7 Å². The van der Waals surface area contributed by atoms with Crippen molar-refractivity contribution in [2.24, 2.45) is 10.9 Å². The maximum Gasteiger partial charge on any atom is 0.326 e. The minimum Gasteiger partial charge on any atom is -0.480 e. The Kier molecular flexibility index (Phi) is 7.06. The third kappa shape index (κ3) is 4.37. The summed E-state index contributed by atoms with van der Waals surface area (Å²) in [5.74, 6) is -1.46. The molecule has 4 atom stereocenters. The minimum absolute atomic E-state index is 0.0576. The van der Waals surface area contributed by atoms with Gasteiger partial charge in [-0.1, -0.05) is 26.2 Å². The molecular formula is C19H28N2O5. The molecule has 1 heterocycles. The summed E-state index contributed by atoms with van der Waals surface area (Å²) in [7, 11) is 0. The lowest BCUT2D eigenvalue weighted by molar-refractivity contribution is -0.147. The van der Waals surface area contributed by atoms with Crippen LogP contribution in [0.15, 0.2) is 4.99 Å². The standard InChI is InChI=1S/C19H28N2O5/c1-3-6-14(17(23)9-10-22)20-12(2)18(24)21-15-8-5-4-7-13(15)11-16(21)19(25)26/h10,13-16H,3-9,11H2,1-2H3,(H,25,26)/t13-,14-,15-,16-/m0/s1. The molecule has 1 N–H and O–H groups in total. The van der Waals surface area contributed by atoms with E-state index in [9.17, 15) is 24.3 Å². The number of aliphatic imine (C=N–C) groups is 1. The highest BCUT2D eigenvalue weighted by molar-refractivity contribution is 6.38. The van der Waals surface area contributed by atoms with Gasteiger partial charge in [0.2, 0.25) is 0 Å². The largest absolute Gasteiger partial charge is 0.480 e. The zero-order valence-electron chi connectivity index (χ0n) is 15.5. The molecule has 0 radical (unpaired) electrons. The molecule has 2 rings (SSSR count). The Labute approximate surface area is 153 Å². The van der Waals surface area contributed by atoms with Gasteiger partial charge in [-0.15, -0.1) is 0 Å². The summed E-state index contributed by atoms with van der Waals surface area (Å²) in [5.41, 5.74) is 0.153. The number of hydrogen-bond donors (Lipinski definition) is 1. The molecule has 1 aliphatic heterocycles. The number of carbonyl (C=O) groups is 4. The molecule has 0 aromatic heterocycles. The van der Waals surface area contributed by atoms with Crippen LogP contribution in [0, 0.1) is 5.92 Å². The first kappa shape index (κ1) is 20.3. The third-order valence-electron chi connectivity index (χ3n) is 5.48. The lowest BCUT2D eigenvalue weighted by atomic mass is 9.84. The van der Waals surface area contributed by atoms with Gasteiger partial charge in [0.25, 0.3) is 5.91 Å². The number of amides is 1. The van der Waals surface area contributed by atoms with Crippen molar-refractivity contribution < 1.29 is 24.3 Å². The highest BCUT2D eigenvalue weighted by Crippen LogP contribution is 2.40. The number of carboxylic acids is 1. The molecule has 7 nitrogen and oxygen atoms in total. The zero-order chi connectivity index (χ0) is 19.3. The fourth-order valence-corrected chi connectivity index (χ4v) is 4.24. The van der Waals surface area contributed by atoms with Crippen LogP contribution in [0.3, 0.4) is 0 Å². The Morgan fingerprint density at radius 2 is 1.96 bits per heavy atom. The Morgan fingerprint density at radius 1 is 1.27 bits per heavy atom. The van der Waals surface area contributed by atoms with E-state index in [2.05, 4.69) is 4.99 Å². The summed E-state index contributed by atoms with van der Waals surface area (Å²) in [5, 5.41) is 9.56. The van der Waals surface area contributed by atoms with Crippen LogP contribution < -0.4 is 0 Å². The van der Waals surface area contributed by atoms with Crippen molar-refractivity contribution >= 4 is 29.7 Å². The van der Waals surface area contributed by atoms with E-state index in [4.69, 9.17) is 0 Å². The van der Waals surface area contributed by atoms with Crippen LogP contribution in [0.4, 0.5) is 0 Å². The van der Waals surface area contributed by atoms with Crippen molar-refractivity contribution in [1.29, 1.82) is 0 Å². The van der Waals surface area contributed by atoms with Gasteiger partial charge in [-0.2, -0.15) is 0 Å². The van der Waals surface area contributed by atoms with Gasteiger partial charge in [0.15, 0.2) is 5.78 Å². The maximum absolute atomic E-state index is 13.0. The van der Waals surface area contributed by atoms with Gasteiger partial charge in [0, 0.05) is 6.04 Å². The molecule has 0 unspecified atom stereocenters. The molecule has 144 valence electrons. The number of carbonyl (C=O) groups excluding carboxylic acids is 3. The van der Waals surface area contributed by atoms with Gasteiger partial charge >= 0.3 is 5.97 Å². The average Bonchev–Trinajstić information content (AvgIpc) is 3.00. The Hall–Kier alpha value is -2.05. The lowest BCUT2D eigenvalue weighted by Gasteiger charge is -2.33.